The van der Waals surface area contributed by atoms with Gasteiger partial charge in [-0.3, -0.25) is 0 Å². The number of esters is 1. The van der Waals surface area contributed by atoms with Crippen LogP contribution in [0.2, 0.25) is 0 Å². The van der Waals surface area contributed by atoms with E-state index in [2.05, 4.69) is 15.9 Å². The smallest absolute Gasteiger partial charge is 0.338 e. The van der Waals surface area contributed by atoms with Crippen molar-refractivity contribution in [3.8, 4) is 0 Å². The third-order valence-corrected chi connectivity index (χ3v) is 2.48. The number of carbonyl (C=O) groups is 1. The molecule has 16 heavy (non-hydrogen) atoms. The highest BCUT2D eigenvalue weighted by atomic mass is 79.9. The van der Waals surface area contributed by atoms with Crippen molar-refractivity contribution in [2.24, 2.45) is 0 Å². The summed E-state index contributed by atoms with van der Waals surface area (Å²) in [4.78, 5) is 11.5. The Morgan fingerprint density at radius 1 is 1.25 bits per heavy atom. The fraction of sp³-hybridized carbons (Fsp3) is 0.364. The molecule has 0 amide bonds. The molecule has 0 atom stereocenters. The number of halogens is 1. The summed E-state index contributed by atoms with van der Waals surface area (Å²) in [7, 11) is 2.98. The maximum atomic E-state index is 11.5. The minimum absolute atomic E-state index is 0.0713. The molecule has 0 aliphatic heterocycles. The second-order valence-electron chi connectivity index (χ2n) is 3.01. The molecule has 1 aromatic rings. The summed E-state index contributed by atoms with van der Waals surface area (Å²) in [5.41, 5.74) is 0.495. The lowest BCUT2D eigenvalue weighted by Gasteiger charge is -2.13. The molecule has 0 aliphatic carbocycles. The van der Waals surface area contributed by atoms with E-state index in [4.69, 9.17) is 14.2 Å². The normalized spacial score (nSPS) is 10.5. The molecule has 0 N–H and O–H groups in total. The maximum absolute atomic E-state index is 11.5. The zero-order chi connectivity index (χ0) is 12.0. The van der Waals surface area contributed by atoms with E-state index in [0.717, 1.165) is 4.47 Å². The van der Waals surface area contributed by atoms with Gasteiger partial charge < -0.3 is 14.2 Å². The first-order valence-electron chi connectivity index (χ1n) is 4.65. The third kappa shape index (κ3) is 3.92. The molecule has 0 unspecified atom stereocenters. The second kappa shape index (κ2) is 6.62. The van der Waals surface area contributed by atoms with Crippen molar-refractivity contribution in [3.05, 3.63) is 34.3 Å². The quantitative estimate of drug-likeness (QED) is 0.616. The van der Waals surface area contributed by atoms with Crippen LogP contribution in [0.3, 0.4) is 0 Å². The predicted molar refractivity (Wildman–Crippen MR) is 62.2 cm³/mol. The molecule has 0 saturated carbocycles. The van der Waals surface area contributed by atoms with E-state index in [0.29, 0.717) is 5.56 Å². The van der Waals surface area contributed by atoms with Gasteiger partial charge in [0, 0.05) is 18.7 Å². The van der Waals surface area contributed by atoms with Gasteiger partial charge in [-0.2, -0.15) is 0 Å². The Morgan fingerprint density at radius 2 is 1.81 bits per heavy atom. The standard InChI is InChI=1S/C11H13BrO4/c1-14-10(15-2)7-16-11(13)8-3-5-9(12)6-4-8/h3-6,10H,7H2,1-2H3. The molecular weight excluding hydrogens is 276 g/mol. The lowest BCUT2D eigenvalue weighted by Crippen LogP contribution is -2.22. The van der Waals surface area contributed by atoms with Crippen LogP contribution in [-0.4, -0.2) is 33.1 Å². The summed E-state index contributed by atoms with van der Waals surface area (Å²) < 4.78 is 15.7. The summed E-state index contributed by atoms with van der Waals surface area (Å²) in [5.74, 6) is -0.397. The SMILES string of the molecule is COC(COC(=O)c1ccc(Br)cc1)OC. The van der Waals surface area contributed by atoms with Gasteiger partial charge in [0.2, 0.25) is 0 Å². The lowest BCUT2D eigenvalue weighted by atomic mass is 10.2. The Bertz CT molecular complexity index is 332. The number of carbonyl (C=O) groups excluding carboxylic acids is 1. The van der Waals surface area contributed by atoms with Crippen LogP contribution >= 0.6 is 15.9 Å². The van der Waals surface area contributed by atoms with Gasteiger partial charge in [0.05, 0.1) is 5.56 Å². The molecule has 5 heteroatoms. The van der Waals surface area contributed by atoms with Crippen molar-refractivity contribution < 1.29 is 19.0 Å². The third-order valence-electron chi connectivity index (χ3n) is 1.96. The number of ether oxygens (including phenoxy) is 3. The highest BCUT2D eigenvalue weighted by Crippen LogP contribution is 2.11. The van der Waals surface area contributed by atoms with Gasteiger partial charge in [0.15, 0.2) is 6.29 Å². The van der Waals surface area contributed by atoms with E-state index >= 15 is 0 Å². The zero-order valence-electron chi connectivity index (χ0n) is 9.10. The predicted octanol–water partition coefficient (Wildman–Crippen LogP) is 2.22. The Morgan fingerprint density at radius 3 is 2.31 bits per heavy atom. The first kappa shape index (κ1) is 13.2. The minimum Gasteiger partial charge on any atom is -0.457 e. The topological polar surface area (TPSA) is 44.8 Å². The Labute approximate surface area is 103 Å². The average molecular weight is 289 g/mol. The molecule has 0 heterocycles. The van der Waals surface area contributed by atoms with E-state index < -0.39 is 12.3 Å². The summed E-state index contributed by atoms with van der Waals surface area (Å²) in [6.45, 7) is 0.0713. The van der Waals surface area contributed by atoms with Crippen LogP contribution in [0.4, 0.5) is 0 Å². The molecule has 0 aromatic heterocycles. The van der Waals surface area contributed by atoms with Crippen molar-refractivity contribution in [1.82, 2.24) is 0 Å². The van der Waals surface area contributed by atoms with Crippen LogP contribution in [0.5, 0.6) is 0 Å². The molecule has 1 rings (SSSR count). The number of benzene rings is 1. The summed E-state index contributed by atoms with van der Waals surface area (Å²) in [6, 6.07) is 6.92. The maximum Gasteiger partial charge on any atom is 0.338 e. The van der Waals surface area contributed by atoms with E-state index in [9.17, 15) is 4.79 Å². The Hall–Kier alpha value is -0.910. The molecule has 0 aliphatic rings. The summed E-state index contributed by atoms with van der Waals surface area (Å²) in [5, 5.41) is 0. The van der Waals surface area contributed by atoms with E-state index in [1.165, 1.54) is 14.2 Å². The first-order valence-corrected chi connectivity index (χ1v) is 5.45. The minimum atomic E-state index is -0.528. The average Bonchev–Trinajstić information content (AvgIpc) is 2.31. The molecule has 0 saturated heterocycles. The molecule has 0 bridgehead atoms. The van der Waals surface area contributed by atoms with Crippen LogP contribution in [0.15, 0.2) is 28.7 Å². The van der Waals surface area contributed by atoms with E-state index in [1.54, 1.807) is 24.3 Å². The molecule has 88 valence electrons. The number of rotatable bonds is 5. The zero-order valence-corrected chi connectivity index (χ0v) is 10.7. The van der Waals surface area contributed by atoms with Gasteiger partial charge in [-0.25, -0.2) is 4.79 Å². The Kier molecular flexibility index (Phi) is 5.45. The molecule has 4 nitrogen and oxygen atoms in total. The van der Waals surface area contributed by atoms with E-state index in [1.807, 2.05) is 0 Å². The number of methoxy groups -OCH3 is 2. The number of hydrogen-bond donors (Lipinski definition) is 0. The van der Waals surface area contributed by atoms with Gasteiger partial charge in [-0.15, -0.1) is 0 Å². The van der Waals surface area contributed by atoms with Crippen molar-refractivity contribution in [2.75, 3.05) is 20.8 Å². The van der Waals surface area contributed by atoms with Crippen LogP contribution < -0.4 is 0 Å². The van der Waals surface area contributed by atoms with E-state index in [-0.39, 0.29) is 6.61 Å². The summed E-state index contributed by atoms with van der Waals surface area (Å²) in [6.07, 6.45) is -0.528. The fourth-order valence-corrected chi connectivity index (χ4v) is 1.31. The molecule has 0 spiro atoms. The van der Waals surface area contributed by atoms with Crippen LogP contribution in [0.25, 0.3) is 0 Å². The fourth-order valence-electron chi connectivity index (χ4n) is 1.05. The van der Waals surface area contributed by atoms with Crippen molar-refractivity contribution in [1.29, 1.82) is 0 Å². The second-order valence-corrected chi connectivity index (χ2v) is 3.92. The largest absolute Gasteiger partial charge is 0.457 e. The lowest BCUT2D eigenvalue weighted by molar-refractivity contribution is -0.129. The van der Waals surface area contributed by atoms with Crippen LogP contribution in [0, 0.1) is 0 Å². The van der Waals surface area contributed by atoms with Gasteiger partial charge >= 0.3 is 5.97 Å². The molecular formula is C11H13BrO4. The highest BCUT2D eigenvalue weighted by molar-refractivity contribution is 9.10. The van der Waals surface area contributed by atoms with Gasteiger partial charge in [0.1, 0.15) is 6.61 Å². The first-order chi connectivity index (χ1) is 7.67. The monoisotopic (exact) mass is 288 g/mol. The highest BCUT2D eigenvalue weighted by Gasteiger charge is 2.11. The van der Waals surface area contributed by atoms with Crippen molar-refractivity contribution >= 4 is 21.9 Å². The Balaban J connectivity index is 2.49. The molecule has 0 fully saturated rings. The summed E-state index contributed by atoms with van der Waals surface area (Å²) >= 11 is 3.29. The van der Waals surface area contributed by atoms with Crippen molar-refractivity contribution in [2.45, 2.75) is 6.29 Å². The van der Waals surface area contributed by atoms with Crippen LogP contribution in [0.1, 0.15) is 10.4 Å². The van der Waals surface area contributed by atoms with Gasteiger partial charge in [0.25, 0.3) is 0 Å². The number of hydrogen-bond acceptors (Lipinski definition) is 4. The molecule has 0 radical (unpaired) electrons. The van der Waals surface area contributed by atoms with Crippen LogP contribution in [-0.2, 0) is 14.2 Å². The molecule has 1 aromatic carbocycles. The van der Waals surface area contributed by atoms with Gasteiger partial charge in [-0.1, -0.05) is 15.9 Å². The van der Waals surface area contributed by atoms with Crippen molar-refractivity contribution in [3.63, 3.8) is 0 Å². The van der Waals surface area contributed by atoms with Gasteiger partial charge in [-0.05, 0) is 24.3 Å².